The summed E-state index contributed by atoms with van der Waals surface area (Å²) >= 11 is 0. The van der Waals surface area contributed by atoms with E-state index in [0.717, 1.165) is 28.0 Å². The lowest BCUT2D eigenvalue weighted by atomic mass is 9.81. The molecule has 0 saturated heterocycles. The number of benzene rings is 2. The van der Waals surface area contributed by atoms with E-state index in [2.05, 4.69) is 4.57 Å². The number of fused-ring (bicyclic) bond motifs is 3. The predicted molar refractivity (Wildman–Crippen MR) is 133 cm³/mol. The van der Waals surface area contributed by atoms with Crippen molar-refractivity contribution in [3.63, 3.8) is 0 Å². The number of imidazole rings is 1. The molecule has 1 aromatic heterocycles. The zero-order valence-corrected chi connectivity index (χ0v) is 21.0. The lowest BCUT2D eigenvalue weighted by Gasteiger charge is -2.28. The molecule has 0 unspecified atom stereocenters. The molecule has 1 aliphatic heterocycles. The lowest BCUT2D eigenvalue weighted by Crippen LogP contribution is -2.35. The average Bonchev–Trinajstić information content (AvgIpc) is 3.30. The minimum absolute atomic E-state index is 0.0341. The van der Waals surface area contributed by atoms with E-state index in [1.54, 1.807) is 4.90 Å². The highest BCUT2D eigenvalue weighted by Crippen LogP contribution is 2.40. The Balaban J connectivity index is 1.59. The molecule has 9 heteroatoms. The first-order valence-electron chi connectivity index (χ1n) is 12.8. The van der Waals surface area contributed by atoms with Gasteiger partial charge in [-0.15, -0.1) is 0 Å². The van der Waals surface area contributed by atoms with Crippen molar-refractivity contribution in [1.29, 1.82) is 0 Å². The van der Waals surface area contributed by atoms with Gasteiger partial charge in [-0.3, -0.25) is 4.79 Å². The molecule has 2 aromatic carbocycles. The Morgan fingerprint density at radius 1 is 1.14 bits per heavy atom. The van der Waals surface area contributed by atoms with E-state index in [9.17, 15) is 23.5 Å². The number of carboxylic acids is 1. The molecule has 1 amide bonds. The molecule has 7 nitrogen and oxygen atoms in total. The second-order valence-electron chi connectivity index (χ2n) is 10.2. The third-order valence-corrected chi connectivity index (χ3v) is 7.97. The third kappa shape index (κ3) is 4.67. The molecule has 5 rings (SSSR count). The number of methoxy groups -OCH3 is 1. The fraction of sp³-hybridized carbons (Fsp3) is 0.464. The van der Waals surface area contributed by atoms with Crippen LogP contribution >= 0.6 is 0 Å². The molecule has 1 aliphatic carbocycles. The number of carboxylic acid groups (broad SMARTS) is 1. The Hall–Kier alpha value is -3.49. The first kappa shape index (κ1) is 25.2. The number of carbonyl (C=O) groups excluding carboxylic acids is 1. The van der Waals surface area contributed by atoms with Gasteiger partial charge in [-0.2, -0.15) is 0 Å². The summed E-state index contributed by atoms with van der Waals surface area (Å²) in [6, 6.07) is 7.65. The van der Waals surface area contributed by atoms with Gasteiger partial charge in [0.1, 0.15) is 17.5 Å². The van der Waals surface area contributed by atoms with E-state index < -0.39 is 23.7 Å². The molecule has 2 aliphatic rings. The van der Waals surface area contributed by atoms with Crippen LogP contribution in [0.25, 0.3) is 11.0 Å². The smallest absolute Gasteiger partial charge is 0.409 e. The number of hydrogen-bond acceptors (Lipinski definition) is 4. The van der Waals surface area contributed by atoms with Gasteiger partial charge in [0, 0.05) is 29.6 Å². The summed E-state index contributed by atoms with van der Waals surface area (Å²) in [5.74, 6) is -1.44. The zero-order valence-electron chi connectivity index (χ0n) is 21.0. The second kappa shape index (κ2) is 10.1. The van der Waals surface area contributed by atoms with E-state index in [4.69, 9.17) is 9.72 Å². The molecule has 0 bridgehead atoms. The van der Waals surface area contributed by atoms with Crippen molar-refractivity contribution in [3.8, 4) is 0 Å². The van der Waals surface area contributed by atoms with Crippen LogP contribution in [-0.2, 0) is 28.9 Å². The van der Waals surface area contributed by atoms with E-state index in [1.807, 2.05) is 19.1 Å². The van der Waals surface area contributed by atoms with Gasteiger partial charge in [0.25, 0.3) is 0 Å². The van der Waals surface area contributed by atoms with Crippen LogP contribution in [0.5, 0.6) is 0 Å². The fourth-order valence-electron chi connectivity index (χ4n) is 5.96. The standard InChI is InChI=1S/C28H31F2N3O4/c1-16(14-20-22(29)4-3-5-23(20)30)33-24-11-10-17-12-13-32(28(36)37-2)15-21(17)25(24)31-26(33)18-6-8-19(9-7-18)27(34)35/h3-5,10-11,16,18-19H,6-9,12-15H2,1-2H3,(H,34,35)/t16-,18?,19?/m1/s1. The number of halogens is 2. The van der Waals surface area contributed by atoms with Crippen LogP contribution in [0.2, 0.25) is 0 Å². The summed E-state index contributed by atoms with van der Waals surface area (Å²) in [7, 11) is 1.36. The molecule has 1 saturated carbocycles. The molecule has 196 valence electrons. The Kier molecular flexibility index (Phi) is 6.88. The molecule has 0 spiro atoms. The van der Waals surface area contributed by atoms with Crippen LogP contribution in [-0.4, -0.2) is 45.3 Å². The van der Waals surface area contributed by atoms with Gasteiger partial charge in [0.05, 0.1) is 30.6 Å². The minimum Gasteiger partial charge on any atom is -0.481 e. The first-order chi connectivity index (χ1) is 17.8. The van der Waals surface area contributed by atoms with E-state index in [-0.39, 0.29) is 29.9 Å². The Labute approximate surface area is 214 Å². The summed E-state index contributed by atoms with van der Waals surface area (Å²) < 4.78 is 36.1. The summed E-state index contributed by atoms with van der Waals surface area (Å²) in [6.07, 6.45) is 2.92. The van der Waals surface area contributed by atoms with Crippen molar-refractivity contribution in [2.75, 3.05) is 13.7 Å². The summed E-state index contributed by atoms with van der Waals surface area (Å²) in [5, 5.41) is 9.46. The lowest BCUT2D eigenvalue weighted by molar-refractivity contribution is -0.142. The Morgan fingerprint density at radius 2 is 1.84 bits per heavy atom. The van der Waals surface area contributed by atoms with Crippen LogP contribution < -0.4 is 0 Å². The predicted octanol–water partition coefficient (Wildman–Crippen LogP) is 5.60. The minimum atomic E-state index is -0.771. The van der Waals surface area contributed by atoms with Crippen molar-refractivity contribution >= 4 is 23.1 Å². The van der Waals surface area contributed by atoms with Crippen LogP contribution in [0.1, 0.15) is 67.1 Å². The molecule has 3 aromatic rings. The van der Waals surface area contributed by atoms with Gasteiger partial charge >= 0.3 is 12.1 Å². The first-order valence-corrected chi connectivity index (χ1v) is 12.8. The van der Waals surface area contributed by atoms with Gasteiger partial charge in [-0.05, 0) is 69.2 Å². The molecule has 37 heavy (non-hydrogen) atoms. The topological polar surface area (TPSA) is 84.7 Å². The van der Waals surface area contributed by atoms with Crippen molar-refractivity contribution in [1.82, 2.24) is 14.5 Å². The van der Waals surface area contributed by atoms with Gasteiger partial charge in [-0.25, -0.2) is 18.6 Å². The van der Waals surface area contributed by atoms with Crippen molar-refractivity contribution in [3.05, 3.63) is 64.5 Å². The molecular weight excluding hydrogens is 480 g/mol. The van der Waals surface area contributed by atoms with E-state index in [0.29, 0.717) is 45.2 Å². The Morgan fingerprint density at radius 3 is 2.49 bits per heavy atom. The monoisotopic (exact) mass is 511 g/mol. The molecule has 2 heterocycles. The quantitative estimate of drug-likeness (QED) is 0.482. The van der Waals surface area contributed by atoms with Crippen molar-refractivity contribution in [2.45, 2.75) is 64.0 Å². The molecular formula is C28H31F2N3O4. The number of aliphatic carboxylic acids is 1. The number of nitrogens with zero attached hydrogens (tertiary/aromatic N) is 3. The maximum absolute atomic E-state index is 14.5. The number of amides is 1. The highest BCUT2D eigenvalue weighted by Gasteiger charge is 2.33. The van der Waals surface area contributed by atoms with Gasteiger partial charge in [0.15, 0.2) is 0 Å². The van der Waals surface area contributed by atoms with Crippen molar-refractivity contribution in [2.24, 2.45) is 5.92 Å². The molecule has 1 N–H and O–H groups in total. The van der Waals surface area contributed by atoms with E-state index >= 15 is 0 Å². The van der Waals surface area contributed by atoms with Crippen LogP contribution in [0.15, 0.2) is 30.3 Å². The largest absolute Gasteiger partial charge is 0.481 e. The zero-order chi connectivity index (χ0) is 26.3. The third-order valence-electron chi connectivity index (χ3n) is 7.97. The van der Waals surface area contributed by atoms with Crippen molar-refractivity contribution < 1.29 is 28.2 Å². The SMILES string of the molecule is COC(=O)N1CCc2ccc3c(nc(C4CCC(C(=O)O)CC4)n3[C@H](C)Cc3c(F)cccc3F)c2C1. The van der Waals surface area contributed by atoms with Crippen LogP contribution in [0.3, 0.4) is 0 Å². The van der Waals surface area contributed by atoms with Gasteiger partial charge in [0.2, 0.25) is 0 Å². The number of rotatable bonds is 5. The summed E-state index contributed by atoms with van der Waals surface area (Å²) in [5.41, 5.74) is 3.74. The second-order valence-corrected chi connectivity index (χ2v) is 10.2. The summed E-state index contributed by atoms with van der Waals surface area (Å²) in [4.78, 5) is 30.5. The number of aromatic nitrogens is 2. The number of hydrogen-bond donors (Lipinski definition) is 1. The van der Waals surface area contributed by atoms with Crippen LogP contribution in [0, 0.1) is 17.6 Å². The highest BCUT2D eigenvalue weighted by atomic mass is 19.1. The summed E-state index contributed by atoms with van der Waals surface area (Å²) in [6.45, 7) is 2.86. The van der Waals surface area contributed by atoms with E-state index in [1.165, 1.54) is 25.3 Å². The fourth-order valence-corrected chi connectivity index (χ4v) is 5.96. The molecule has 1 atom stereocenters. The number of carbonyl (C=O) groups is 2. The molecule has 1 fully saturated rings. The maximum atomic E-state index is 14.5. The van der Waals surface area contributed by atoms with Gasteiger partial charge in [-0.1, -0.05) is 12.1 Å². The Bertz CT molecular complexity index is 1330. The normalized spacial score (nSPS) is 20.5. The van der Waals surface area contributed by atoms with Gasteiger partial charge < -0.3 is 19.3 Å². The number of ether oxygens (including phenoxy) is 1. The highest BCUT2D eigenvalue weighted by molar-refractivity contribution is 5.82. The molecule has 0 radical (unpaired) electrons. The average molecular weight is 512 g/mol. The maximum Gasteiger partial charge on any atom is 0.409 e. The van der Waals surface area contributed by atoms with Crippen LogP contribution in [0.4, 0.5) is 13.6 Å².